The van der Waals surface area contributed by atoms with Gasteiger partial charge in [0.15, 0.2) is 0 Å². The highest BCUT2D eigenvalue weighted by atomic mass is 16.7. The summed E-state index contributed by atoms with van der Waals surface area (Å²) in [6.45, 7) is 9.87. The first-order valence-corrected chi connectivity index (χ1v) is 14.1. The maximum Gasteiger partial charge on any atom is 0.205 e. The molecule has 1 saturated carbocycles. The molecule has 2 aliphatic rings. The largest absolute Gasteiger partial charge is 0.464 e. The van der Waals surface area contributed by atoms with Crippen LogP contribution in [-0.2, 0) is 4.74 Å². The maximum atomic E-state index is 6.84. The van der Waals surface area contributed by atoms with Crippen molar-refractivity contribution in [3.05, 3.63) is 89.5 Å². The summed E-state index contributed by atoms with van der Waals surface area (Å²) in [5.41, 5.74) is 6.70. The van der Waals surface area contributed by atoms with Crippen molar-refractivity contribution < 1.29 is 9.47 Å². The van der Waals surface area contributed by atoms with E-state index in [-0.39, 0.29) is 17.6 Å². The zero-order valence-electron chi connectivity index (χ0n) is 22.5. The van der Waals surface area contributed by atoms with Crippen molar-refractivity contribution in [2.45, 2.75) is 84.3 Å². The summed E-state index contributed by atoms with van der Waals surface area (Å²) in [4.78, 5) is 0. The predicted molar refractivity (Wildman–Crippen MR) is 150 cm³/mol. The van der Waals surface area contributed by atoms with E-state index >= 15 is 0 Å². The first kappa shape index (κ1) is 25.1. The molecule has 0 aromatic heterocycles. The Morgan fingerprint density at radius 2 is 1.39 bits per heavy atom. The predicted octanol–water partition coefficient (Wildman–Crippen LogP) is 9.34. The molecule has 2 nitrogen and oxygen atoms in total. The van der Waals surface area contributed by atoms with Crippen molar-refractivity contribution in [2.75, 3.05) is 6.61 Å². The van der Waals surface area contributed by atoms with Gasteiger partial charge in [0.1, 0.15) is 5.75 Å². The second-order valence-electron chi connectivity index (χ2n) is 11.5. The Bertz CT molecular complexity index is 1090. The minimum absolute atomic E-state index is 0.0760. The lowest BCUT2D eigenvalue weighted by Crippen LogP contribution is -2.43. The Morgan fingerprint density at radius 3 is 1.97 bits per heavy atom. The van der Waals surface area contributed by atoms with E-state index in [0.29, 0.717) is 18.4 Å². The Morgan fingerprint density at radius 1 is 0.806 bits per heavy atom. The Kier molecular flexibility index (Phi) is 7.53. The average molecular weight is 483 g/mol. The molecule has 2 aliphatic carbocycles. The summed E-state index contributed by atoms with van der Waals surface area (Å²) >= 11 is 0. The van der Waals surface area contributed by atoms with E-state index in [9.17, 15) is 0 Å². The summed E-state index contributed by atoms with van der Waals surface area (Å²) in [7, 11) is 0. The van der Waals surface area contributed by atoms with Gasteiger partial charge < -0.3 is 9.47 Å². The highest BCUT2D eigenvalue weighted by Gasteiger charge is 2.41. The molecule has 0 heterocycles. The van der Waals surface area contributed by atoms with Gasteiger partial charge in [0, 0.05) is 11.3 Å². The van der Waals surface area contributed by atoms with Crippen LogP contribution < -0.4 is 4.74 Å². The van der Waals surface area contributed by atoms with Crippen LogP contribution >= 0.6 is 0 Å². The highest BCUT2D eigenvalue weighted by Crippen LogP contribution is 2.46. The molecule has 3 aromatic rings. The zero-order valence-corrected chi connectivity index (χ0v) is 22.5. The molecule has 1 fully saturated rings. The van der Waals surface area contributed by atoms with Crippen LogP contribution in [0, 0.1) is 11.3 Å². The SMILES string of the molecule is CCC(C)c1ccc(OC(OCC2c3ccccc3-c3ccccc32)C(C)(C)C2CCCCC2)cc1. The van der Waals surface area contributed by atoms with Gasteiger partial charge in [-0.2, -0.15) is 0 Å². The van der Waals surface area contributed by atoms with E-state index in [1.165, 1.54) is 59.9 Å². The van der Waals surface area contributed by atoms with Crippen molar-refractivity contribution >= 4 is 0 Å². The van der Waals surface area contributed by atoms with E-state index in [0.717, 1.165) is 12.2 Å². The summed E-state index contributed by atoms with van der Waals surface area (Å²) in [6, 6.07) is 26.3. The summed E-state index contributed by atoms with van der Waals surface area (Å²) < 4.78 is 13.6. The van der Waals surface area contributed by atoms with Crippen LogP contribution in [0.1, 0.15) is 94.7 Å². The van der Waals surface area contributed by atoms with Crippen LogP contribution in [0.25, 0.3) is 11.1 Å². The van der Waals surface area contributed by atoms with Crippen molar-refractivity contribution in [3.63, 3.8) is 0 Å². The van der Waals surface area contributed by atoms with Crippen molar-refractivity contribution in [3.8, 4) is 16.9 Å². The third-order valence-electron chi connectivity index (χ3n) is 8.95. The second-order valence-corrected chi connectivity index (χ2v) is 11.5. The van der Waals surface area contributed by atoms with Gasteiger partial charge >= 0.3 is 0 Å². The van der Waals surface area contributed by atoms with Gasteiger partial charge in [-0.25, -0.2) is 0 Å². The monoisotopic (exact) mass is 482 g/mol. The fourth-order valence-electron chi connectivity index (χ4n) is 6.30. The minimum atomic E-state index is -0.296. The Hall–Kier alpha value is -2.58. The van der Waals surface area contributed by atoms with Crippen LogP contribution in [0.4, 0.5) is 0 Å². The molecule has 0 radical (unpaired) electrons. The molecule has 190 valence electrons. The second kappa shape index (κ2) is 10.8. The molecule has 2 atom stereocenters. The van der Waals surface area contributed by atoms with Crippen LogP contribution in [0.2, 0.25) is 0 Å². The third-order valence-corrected chi connectivity index (χ3v) is 8.95. The number of ether oxygens (including phenoxy) is 2. The van der Waals surface area contributed by atoms with E-state index in [2.05, 4.69) is 100 Å². The van der Waals surface area contributed by atoms with Gasteiger partial charge in [-0.1, -0.05) is 108 Å². The fraction of sp³-hybridized carbons (Fsp3) is 0.471. The van der Waals surface area contributed by atoms with Crippen molar-refractivity contribution in [2.24, 2.45) is 11.3 Å². The highest BCUT2D eigenvalue weighted by molar-refractivity contribution is 5.78. The molecule has 3 aromatic carbocycles. The molecule has 5 rings (SSSR count). The van der Waals surface area contributed by atoms with E-state index < -0.39 is 0 Å². The van der Waals surface area contributed by atoms with Gasteiger partial charge in [-0.05, 0) is 71.0 Å². The number of fused-ring (bicyclic) bond motifs is 3. The van der Waals surface area contributed by atoms with Crippen LogP contribution in [0.5, 0.6) is 5.75 Å². The number of benzene rings is 3. The number of rotatable bonds is 9. The van der Waals surface area contributed by atoms with E-state index in [1.54, 1.807) is 0 Å². The van der Waals surface area contributed by atoms with Crippen LogP contribution in [-0.4, -0.2) is 12.9 Å². The normalized spacial score (nSPS) is 17.9. The molecule has 2 heteroatoms. The first-order chi connectivity index (χ1) is 17.5. The zero-order chi connectivity index (χ0) is 25.1. The van der Waals surface area contributed by atoms with Gasteiger partial charge in [0.2, 0.25) is 6.29 Å². The van der Waals surface area contributed by atoms with E-state index in [4.69, 9.17) is 9.47 Å². The molecular weight excluding hydrogens is 440 g/mol. The molecule has 0 amide bonds. The number of hydrogen-bond acceptors (Lipinski definition) is 2. The van der Waals surface area contributed by atoms with Gasteiger partial charge in [-0.15, -0.1) is 0 Å². The molecule has 0 saturated heterocycles. The molecule has 0 spiro atoms. The summed E-state index contributed by atoms with van der Waals surface area (Å²) in [5, 5.41) is 0. The Balaban J connectivity index is 1.40. The lowest BCUT2D eigenvalue weighted by Gasteiger charge is -2.42. The van der Waals surface area contributed by atoms with Crippen molar-refractivity contribution in [1.29, 1.82) is 0 Å². The topological polar surface area (TPSA) is 18.5 Å². The third kappa shape index (κ3) is 4.98. The molecule has 0 bridgehead atoms. The van der Waals surface area contributed by atoms with Gasteiger partial charge in [-0.3, -0.25) is 0 Å². The molecule has 2 unspecified atom stereocenters. The van der Waals surface area contributed by atoms with Crippen molar-refractivity contribution in [1.82, 2.24) is 0 Å². The van der Waals surface area contributed by atoms with Gasteiger partial charge in [0.05, 0.1) is 6.61 Å². The Labute approximate surface area is 218 Å². The average Bonchev–Trinajstić information content (AvgIpc) is 3.25. The lowest BCUT2D eigenvalue weighted by molar-refractivity contribution is -0.169. The lowest BCUT2D eigenvalue weighted by atomic mass is 9.70. The standard InChI is InChI=1S/C34H42O2/c1-5-24(2)25-19-21-27(22-20-25)36-33(34(3,4)26-13-7-6-8-14-26)35-23-32-30-17-11-9-15-28(30)29-16-10-12-18-31(29)32/h9-12,15-22,24,26,32-33H,5-8,13-14,23H2,1-4H3. The summed E-state index contributed by atoms with van der Waals surface area (Å²) in [5.74, 6) is 2.31. The molecule has 0 N–H and O–H groups in total. The van der Waals surface area contributed by atoms with E-state index in [1.807, 2.05) is 0 Å². The van der Waals surface area contributed by atoms with Crippen LogP contribution in [0.3, 0.4) is 0 Å². The van der Waals surface area contributed by atoms with Gasteiger partial charge in [0.25, 0.3) is 0 Å². The molecule has 0 aliphatic heterocycles. The smallest absolute Gasteiger partial charge is 0.205 e. The maximum absolute atomic E-state index is 6.84. The molecule has 36 heavy (non-hydrogen) atoms. The first-order valence-electron chi connectivity index (χ1n) is 14.1. The fourth-order valence-corrected chi connectivity index (χ4v) is 6.30. The van der Waals surface area contributed by atoms with Crippen LogP contribution in [0.15, 0.2) is 72.8 Å². The quantitative estimate of drug-likeness (QED) is 0.283. The minimum Gasteiger partial charge on any atom is -0.464 e. The summed E-state index contributed by atoms with van der Waals surface area (Å²) in [6.07, 6.45) is 7.35. The number of hydrogen-bond donors (Lipinski definition) is 0. The molecular formula is C34H42O2.